The summed E-state index contributed by atoms with van der Waals surface area (Å²) < 4.78 is 40.6. The monoisotopic (exact) mass is 312 g/mol. The van der Waals surface area contributed by atoms with E-state index in [0.29, 0.717) is 13.0 Å². The molecule has 0 saturated carbocycles. The summed E-state index contributed by atoms with van der Waals surface area (Å²) >= 11 is 0. The summed E-state index contributed by atoms with van der Waals surface area (Å²) in [6, 6.07) is 0.606. The van der Waals surface area contributed by atoms with Crippen LogP contribution in [0.1, 0.15) is 43.6 Å². The van der Waals surface area contributed by atoms with Crippen LogP contribution in [0.25, 0.3) is 5.78 Å². The van der Waals surface area contributed by atoms with Crippen LogP contribution < -0.4 is 0 Å². The second-order valence-corrected chi connectivity index (χ2v) is 5.39. The van der Waals surface area contributed by atoms with Crippen molar-refractivity contribution in [3.05, 3.63) is 29.8 Å². The van der Waals surface area contributed by atoms with Crippen LogP contribution in [0.2, 0.25) is 0 Å². The van der Waals surface area contributed by atoms with Gasteiger partial charge in [0, 0.05) is 25.9 Å². The van der Waals surface area contributed by atoms with Gasteiger partial charge in [-0.15, -0.1) is 0 Å². The number of hydrogen-bond donors (Lipinski definition) is 0. The summed E-state index contributed by atoms with van der Waals surface area (Å²) in [5, 5.41) is 0. The minimum Gasteiger partial charge on any atom is -0.334 e. The number of aromatic nitrogens is 3. The van der Waals surface area contributed by atoms with Gasteiger partial charge >= 0.3 is 6.18 Å². The Bertz CT molecular complexity index is 710. The minimum atomic E-state index is -4.51. The van der Waals surface area contributed by atoms with E-state index in [1.54, 1.807) is 4.90 Å². The predicted octanol–water partition coefficient (Wildman–Crippen LogP) is 2.82. The first-order chi connectivity index (χ1) is 10.4. The number of nitrogens with zero attached hydrogens (tertiary/aromatic N) is 4. The Morgan fingerprint density at radius 3 is 2.82 bits per heavy atom. The van der Waals surface area contributed by atoms with Gasteiger partial charge in [-0.05, 0) is 25.3 Å². The van der Waals surface area contributed by atoms with Crippen LogP contribution in [0, 0.1) is 0 Å². The second-order valence-electron chi connectivity index (χ2n) is 5.39. The maximum atomic E-state index is 13.2. The highest BCUT2D eigenvalue weighted by molar-refractivity contribution is 5.73. The smallest absolute Gasteiger partial charge is 0.334 e. The van der Waals surface area contributed by atoms with Crippen LogP contribution >= 0.6 is 0 Å². The van der Waals surface area contributed by atoms with E-state index in [4.69, 9.17) is 0 Å². The zero-order valence-corrected chi connectivity index (χ0v) is 12.0. The van der Waals surface area contributed by atoms with Crippen molar-refractivity contribution in [2.24, 2.45) is 0 Å². The third kappa shape index (κ3) is 2.53. The Hall–Kier alpha value is -2.12. The van der Waals surface area contributed by atoms with E-state index in [1.165, 1.54) is 19.3 Å². The lowest BCUT2D eigenvalue weighted by Crippen LogP contribution is -2.37. The van der Waals surface area contributed by atoms with Gasteiger partial charge in [-0.25, -0.2) is 9.97 Å². The molecule has 5 nitrogen and oxygen atoms in total. The fourth-order valence-corrected chi connectivity index (χ4v) is 2.93. The molecule has 0 N–H and O–H groups in total. The molecule has 0 spiro atoms. The Balaban J connectivity index is 2.12. The van der Waals surface area contributed by atoms with Crippen molar-refractivity contribution in [1.82, 2.24) is 19.3 Å². The fraction of sp³-hybridized carbons (Fsp3) is 0.500. The van der Waals surface area contributed by atoms with Crippen LogP contribution in [-0.2, 0) is 11.0 Å². The number of hydrogen-bond acceptors (Lipinski definition) is 3. The quantitative estimate of drug-likeness (QED) is 0.813. The lowest BCUT2D eigenvalue weighted by molar-refractivity contribution is -0.142. The first kappa shape index (κ1) is 14.8. The Morgan fingerprint density at radius 2 is 2.14 bits per heavy atom. The van der Waals surface area contributed by atoms with Gasteiger partial charge in [-0.3, -0.25) is 9.20 Å². The molecule has 3 heterocycles. The van der Waals surface area contributed by atoms with E-state index in [2.05, 4.69) is 9.97 Å². The number of fused-ring (bicyclic) bond motifs is 1. The van der Waals surface area contributed by atoms with Crippen LogP contribution in [0.5, 0.6) is 0 Å². The third-order valence-electron chi connectivity index (χ3n) is 3.93. The zero-order valence-electron chi connectivity index (χ0n) is 12.0. The number of amides is 1. The molecule has 1 saturated heterocycles. The molecule has 118 valence electrons. The van der Waals surface area contributed by atoms with E-state index in [-0.39, 0.29) is 17.4 Å². The molecule has 1 fully saturated rings. The second kappa shape index (κ2) is 5.26. The van der Waals surface area contributed by atoms with Gasteiger partial charge < -0.3 is 4.90 Å². The standard InChI is InChI=1S/C14H15F3N4O/c1-9(22)20-6-3-2-4-11(20)10-8-12(14(15,16)17)21-7-5-18-13(21)19-10/h5,7-8,11H,2-4,6H2,1H3/t11-/m1/s1. The Morgan fingerprint density at radius 1 is 1.36 bits per heavy atom. The van der Waals surface area contributed by atoms with E-state index >= 15 is 0 Å². The molecule has 1 amide bonds. The number of piperidine rings is 1. The molecule has 22 heavy (non-hydrogen) atoms. The summed E-state index contributed by atoms with van der Waals surface area (Å²) in [5.41, 5.74) is -0.569. The number of carbonyl (C=O) groups excluding carboxylic acids is 1. The largest absolute Gasteiger partial charge is 0.431 e. The number of carbonyl (C=O) groups is 1. The molecular weight excluding hydrogens is 297 g/mol. The van der Waals surface area contributed by atoms with Crippen molar-refractivity contribution in [3.8, 4) is 0 Å². The Kier molecular flexibility index (Phi) is 3.54. The lowest BCUT2D eigenvalue weighted by Gasteiger charge is -2.34. The molecule has 0 bridgehead atoms. The van der Waals surface area contributed by atoms with E-state index < -0.39 is 17.9 Å². The highest BCUT2D eigenvalue weighted by Gasteiger charge is 2.36. The number of rotatable bonds is 1. The molecule has 0 unspecified atom stereocenters. The van der Waals surface area contributed by atoms with Gasteiger partial charge in [0.05, 0.1) is 11.7 Å². The van der Waals surface area contributed by atoms with Gasteiger partial charge in [0.1, 0.15) is 5.69 Å². The van der Waals surface area contributed by atoms with Crippen LogP contribution in [0.3, 0.4) is 0 Å². The summed E-state index contributed by atoms with van der Waals surface area (Å²) in [4.78, 5) is 21.4. The zero-order chi connectivity index (χ0) is 15.9. The summed E-state index contributed by atoms with van der Waals surface area (Å²) in [6.45, 7) is 1.97. The molecule has 3 rings (SSSR count). The average molecular weight is 312 g/mol. The number of halogens is 3. The highest BCUT2D eigenvalue weighted by Crippen LogP contribution is 2.34. The summed E-state index contributed by atoms with van der Waals surface area (Å²) in [7, 11) is 0. The number of likely N-dealkylation sites (tertiary alicyclic amines) is 1. The van der Waals surface area contributed by atoms with Gasteiger partial charge in [0.2, 0.25) is 11.7 Å². The minimum absolute atomic E-state index is 0.00102. The van der Waals surface area contributed by atoms with Gasteiger partial charge in [0.25, 0.3) is 0 Å². The van der Waals surface area contributed by atoms with E-state index in [1.807, 2.05) is 0 Å². The SMILES string of the molecule is CC(=O)N1CCCC[C@@H]1c1cc(C(F)(F)F)n2ccnc2n1. The molecular formula is C14H15F3N4O. The van der Waals surface area contributed by atoms with Gasteiger partial charge in [0.15, 0.2) is 0 Å². The fourth-order valence-electron chi connectivity index (χ4n) is 2.93. The highest BCUT2D eigenvalue weighted by atomic mass is 19.4. The van der Waals surface area contributed by atoms with Crippen molar-refractivity contribution >= 4 is 11.7 Å². The maximum absolute atomic E-state index is 13.2. The van der Waals surface area contributed by atoms with Crippen molar-refractivity contribution in [2.75, 3.05) is 6.54 Å². The van der Waals surface area contributed by atoms with E-state index in [9.17, 15) is 18.0 Å². The van der Waals surface area contributed by atoms with Crippen molar-refractivity contribution in [1.29, 1.82) is 0 Å². The number of alkyl halides is 3. The molecule has 0 aliphatic carbocycles. The molecule has 8 heteroatoms. The predicted molar refractivity (Wildman–Crippen MR) is 72.0 cm³/mol. The molecule has 0 aromatic carbocycles. The van der Waals surface area contributed by atoms with Gasteiger partial charge in [-0.2, -0.15) is 13.2 Å². The first-order valence-corrected chi connectivity index (χ1v) is 7.06. The van der Waals surface area contributed by atoms with Crippen molar-refractivity contribution in [2.45, 2.75) is 38.4 Å². The van der Waals surface area contributed by atoms with Gasteiger partial charge in [-0.1, -0.05) is 0 Å². The average Bonchev–Trinajstić information content (AvgIpc) is 2.93. The molecule has 2 aromatic rings. The molecule has 2 aromatic heterocycles. The van der Waals surface area contributed by atoms with Crippen molar-refractivity contribution < 1.29 is 18.0 Å². The van der Waals surface area contributed by atoms with Crippen LogP contribution in [0.4, 0.5) is 13.2 Å². The third-order valence-corrected chi connectivity index (χ3v) is 3.93. The van der Waals surface area contributed by atoms with E-state index in [0.717, 1.165) is 23.3 Å². The topological polar surface area (TPSA) is 50.5 Å². The van der Waals surface area contributed by atoms with Crippen LogP contribution in [-0.4, -0.2) is 31.7 Å². The normalized spacial score (nSPS) is 19.6. The molecule has 1 aliphatic heterocycles. The first-order valence-electron chi connectivity index (χ1n) is 7.06. The van der Waals surface area contributed by atoms with Crippen LogP contribution in [0.15, 0.2) is 18.5 Å². The molecule has 1 aliphatic rings. The molecule has 0 radical (unpaired) electrons. The summed E-state index contributed by atoms with van der Waals surface area (Å²) in [5.74, 6) is -0.151. The molecule has 1 atom stereocenters. The lowest BCUT2D eigenvalue weighted by atomic mass is 9.98. The van der Waals surface area contributed by atoms with Crippen molar-refractivity contribution in [3.63, 3.8) is 0 Å². The maximum Gasteiger partial charge on any atom is 0.431 e. The number of imidazole rings is 1. The summed E-state index contributed by atoms with van der Waals surface area (Å²) in [6.07, 6.45) is 0.335. The Labute approximate surface area is 124 Å².